The minimum absolute atomic E-state index is 0.0939. The minimum atomic E-state index is -0.0939. The van der Waals surface area contributed by atoms with E-state index in [2.05, 4.69) is 10.6 Å². The molecule has 1 aliphatic rings. The zero-order valence-corrected chi connectivity index (χ0v) is 8.92. The standard InChI is InChI=1S/C10H20N2O2/c1-7(2)11-10(14)12-9-4-3-8(5-9)6-13/h7-9,13H,3-6H2,1-2H3,(H2,11,12,14). The number of hydrogen-bond acceptors (Lipinski definition) is 2. The van der Waals surface area contributed by atoms with Crippen molar-refractivity contribution < 1.29 is 9.90 Å². The Labute approximate surface area is 85.1 Å². The Kier molecular flexibility index (Phi) is 4.20. The van der Waals surface area contributed by atoms with Crippen LogP contribution in [0.15, 0.2) is 0 Å². The maximum Gasteiger partial charge on any atom is 0.315 e. The molecule has 0 bridgehead atoms. The van der Waals surface area contributed by atoms with Crippen molar-refractivity contribution in [2.24, 2.45) is 5.92 Å². The van der Waals surface area contributed by atoms with Gasteiger partial charge in [-0.25, -0.2) is 4.79 Å². The van der Waals surface area contributed by atoms with Crippen molar-refractivity contribution in [3.8, 4) is 0 Å². The Morgan fingerprint density at radius 3 is 2.71 bits per heavy atom. The maximum absolute atomic E-state index is 11.3. The lowest BCUT2D eigenvalue weighted by molar-refractivity contribution is 0.222. The molecule has 1 aliphatic carbocycles. The molecular weight excluding hydrogens is 180 g/mol. The SMILES string of the molecule is CC(C)NC(=O)NC1CCC(CO)C1. The van der Waals surface area contributed by atoms with E-state index in [1.807, 2.05) is 13.8 Å². The Hall–Kier alpha value is -0.770. The van der Waals surface area contributed by atoms with Crippen molar-refractivity contribution in [2.75, 3.05) is 6.61 Å². The number of nitrogens with one attached hydrogen (secondary N) is 2. The highest BCUT2D eigenvalue weighted by Crippen LogP contribution is 2.24. The van der Waals surface area contributed by atoms with Crippen molar-refractivity contribution in [3.63, 3.8) is 0 Å². The van der Waals surface area contributed by atoms with Crippen LogP contribution in [0.2, 0.25) is 0 Å². The van der Waals surface area contributed by atoms with Crippen LogP contribution in [0.5, 0.6) is 0 Å². The summed E-state index contributed by atoms with van der Waals surface area (Å²) in [5.41, 5.74) is 0. The van der Waals surface area contributed by atoms with Crippen LogP contribution < -0.4 is 10.6 Å². The van der Waals surface area contributed by atoms with Crippen LogP contribution in [-0.4, -0.2) is 29.8 Å². The summed E-state index contributed by atoms with van der Waals surface area (Å²) in [5, 5.41) is 14.6. The number of carbonyl (C=O) groups is 1. The van der Waals surface area contributed by atoms with Crippen LogP contribution in [0, 0.1) is 5.92 Å². The van der Waals surface area contributed by atoms with Gasteiger partial charge in [0.05, 0.1) is 0 Å². The molecular formula is C10H20N2O2. The minimum Gasteiger partial charge on any atom is -0.396 e. The van der Waals surface area contributed by atoms with Gasteiger partial charge in [0.1, 0.15) is 0 Å². The van der Waals surface area contributed by atoms with E-state index in [9.17, 15) is 4.79 Å². The second kappa shape index (κ2) is 5.20. The van der Waals surface area contributed by atoms with Crippen molar-refractivity contribution >= 4 is 6.03 Å². The Morgan fingerprint density at radius 2 is 2.21 bits per heavy atom. The number of aliphatic hydroxyl groups is 1. The monoisotopic (exact) mass is 200 g/mol. The fraction of sp³-hybridized carbons (Fsp3) is 0.900. The molecule has 0 aliphatic heterocycles. The topological polar surface area (TPSA) is 61.4 Å². The van der Waals surface area contributed by atoms with Crippen LogP contribution in [0.1, 0.15) is 33.1 Å². The van der Waals surface area contributed by atoms with Gasteiger partial charge in [-0.05, 0) is 39.0 Å². The number of amides is 2. The van der Waals surface area contributed by atoms with Crippen LogP contribution in [0.4, 0.5) is 4.79 Å². The predicted octanol–water partition coefficient (Wildman–Crippen LogP) is 0.855. The fourth-order valence-electron chi connectivity index (χ4n) is 1.86. The molecule has 1 fully saturated rings. The van der Waals surface area contributed by atoms with E-state index < -0.39 is 0 Å². The summed E-state index contributed by atoms with van der Waals surface area (Å²) in [6.45, 7) is 4.11. The van der Waals surface area contributed by atoms with Gasteiger partial charge >= 0.3 is 6.03 Å². The molecule has 1 rings (SSSR count). The van der Waals surface area contributed by atoms with E-state index in [4.69, 9.17) is 5.11 Å². The molecule has 14 heavy (non-hydrogen) atoms. The molecule has 2 atom stereocenters. The van der Waals surface area contributed by atoms with Crippen LogP contribution in [-0.2, 0) is 0 Å². The summed E-state index contributed by atoms with van der Waals surface area (Å²) >= 11 is 0. The summed E-state index contributed by atoms with van der Waals surface area (Å²) in [6.07, 6.45) is 2.90. The third-order valence-corrected chi connectivity index (χ3v) is 2.55. The fourth-order valence-corrected chi connectivity index (χ4v) is 1.86. The molecule has 4 nitrogen and oxygen atoms in total. The number of aliphatic hydroxyl groups excluding tert-OH is 1. The first-order valence-electron chi connectivity index (χ1n) is 5.29. The van der Waals surface area contributed by atoms with E-state index in [-0.39, 0.29) is 24.7 Å². The smallest absolute Gasteiger partial charge is 0.315 e. The highest BCUT2D eigenvalue weighted by molar-refractivity contribution is 5.74. The van der Waals surface area contributed by atoms with Crippen LogP contribution >= 0.6 is 0 Å². The molecule has 0 radical (unpaired) electrons. The number of hydrogen-bond donors (Lipinski definition) is 3. The molecule has 0 heterocycles. The zero-order valence-electron chi connectivity index (χ0n) is 8.92. The molecule has 2 unspecified atom stereocenters. The Balaban J connectivity index is 2.22. The summed E-state index contributed by atoms with van der Waals surface area (Å²) in [5.74, 6) is 0.374. The quantitative estimate of drug-likeness (QED) is 0.632. The normalized spacial score (nSPS) is 26.6. The zero-order chi connectivity index (χ0) is 10.6. The number of carbonyl (C=O) groups excluding carboxylic acids is 1. The highest BCUT2D eigenvalue weighted by atomic mass is 16.3. The lowest BCUT2D eigenvalue weighted by atomic mass is 10.1. The molecule has 4 heteroatoms. The van der Waals surface area contributed by atoms with Gasteiger partial charge in [0.2, 0.25) is 0 Å². The predicted molar refractivity (Wildman–Crippen MR) is 55.0 cm³/mol. The molecule has 3 N–H and O–H groups in total. The lowest BCUT2D eigenvalue weighted by Gasteiger charge is -2.15. The van der Waals surface area contributed by atoms with Gasteiger partial charge in [-0.3, -0.25) is 0 Å². The van der Waals surface area contributed by atoms with Gasteiger partial charge in [0, 0.05) is 18.7 Å². The lowest BCUT2D eigenvalue weighted by Crippen LogP contribution is -2.43. The largest absolute Gasteiger partial charge is 0.396 e. The second-order valence-corrected chi connectivity index (χ2v) is 4.33. The molecule has 82 valence electrons. The van der Waals surface area contributed by atoms with Gasteiger partial charge in [0.15, 0.2) is 0 Å². The van der Waals surface area contributed by atoms with Crippen molar-refractivity contribution in [2.45, 2.75) is 45.2 Å². The van der Waals surface area contributed by atoms with Gasteiger partial charge in [-0.2, -0.15) is 0 Å². The molecule has 0 aromatic carbocycles. The van der Waals surface area contributed by atoms with Crippen LogP contribution in [0.25, 0.3) is 0 Å². The maximum atomic E-state index is 11.3. The molecule has 0 aromatic heterocycles. The summed E-state index contributed by atoms with van der Waals surface area (Å²) < 4.78 is 0. The van der Waals surface area contributed by atoms with E-state index in [0.29, 0.717) is 5.92 Å². The van der Waals surface area contributed by atoms with E-state index >= 15 is 0 Å². The molecule has 0 saturated heterocycles. The third-order valence-electron chi connectivity index (χ3n) is 2.55. The van der Waals surface area contributed by atoms with Gasteiger partial charge in [0.25, 0.3) is 0 Å². The van der Waals surface area contributed by atoms with Gasteiger partial charge < -0.3 is 15.7 Å². The van der Waals surface area contributed by atoms with Crippen LogP contribution in [0.3, 0.4) is 0 Å². The first-order chi connectivity index (χ1) is 6.61. The Bertz CT molecular complexity index is 195. The molecule has 1 saturated carbocycles. The van der Waals surface area contributed by atoms with E-state index in [1.54, 1.807) is 0 Å². The number of rotatable bonds is 3. The van der Waals surface area contributed by atoms with Gasteiger partial charge in [-0.15, -0.1) is 0 Å². The summed E-state index contributed by atoms with van der Waals surface area (Å²) in [7, 11) is 0. The van der Waals surface area contributed by atoms with Crippen molar-refractivity contribution in [1.82, 2.24) is 10.6 Å². The second-order valence-electron chi connectivity index (χ2n) is 4.33. The Morgan fingerprint density at radius 1 is 1.50 bits per heavy atom. The van der Waals surface area contributed by atoms with Crippen molar-refractivity contribution in [3.05, 3.63) is 0 Å². The third kappa shape index (κ3) is 3.54. The molecule has 0 spiro atoms. The van der Waals surface area contributed by atoms with E-state index in [1.165, 1.54) is 0 Å². The molecule has 0 aromatic rings. The number of urea groups is 1. The molecule has 2 amide bonds. The summed E-state index contributed by atoms with van der Waals surface area (Å²) in [6, 6.07) is 0.319. The first-order valence-corrected chi connectivity index (χ1v) is 5.29. The van der Waals surface area contributed by atoms with Gasteiger partial charge in [-0.1, -0.05) is 0 Å². The highest BCUT2D eigenvalue weighted by Gasteiger charge is 2.25. The first kappa shape index (κ1) is 11.3. The van der Waals surface area contributed by atoms with E-state index in [0.717, 1.165) is 19.3 Å². The average molecular weight is 200 g/mol. The average Bonchev–Trinajstić information content (AvgIpc) is 2.50. The van der Waals surface area contributed by atoms with Crippen molar-refractivity contribution in [1.29, 1.82) is 0 Å². The summed E-state index contributed by atoms with van der Waals surface area (Å²) in [4.78, 5) is 11.3.